The maximum atomic E-state index is 13.9. The van der Waals surface area contributed by atoms with E-state index >= 15 is 0 Å². The fourth-order valence-corrected chi connectivity index (χ4v) is 2.01. The summed E-state index contributed by atoms with van der Waals surface area (Å²) in [5.41, 5.74) is 3.69. The van der Waals surface area contributed by atoms with Crippen molar-refractivity contribution < 1.29 is 31.1 Å². The van der Waals surface area contributed by atoms with Gasteiger partial charge in [0.15, 0.2) is 28.2 Å². The number of thiocarbonyl (C=S) groups is 1. The number of alkyl halides is 3. The Bertz CT molecular complexity index is 814. The number of ether oxygens (including phenoxy) is 1. The molecule has 2 rings (SSSR count). The van der Waals surface area contributed by atoms with E-state index in [1.165, 1.54) is 6.92 Å². The largest absolute Gasteiger partial charge is 0.449 e. The van der Waals surface area contributed by atoms with Crippen LogP contribution in [0.3, 0.4) is 0 Å². The molecule has 0 bridgehead atoms. The van der Waals surface area contributed by atoms with Gasteiger partial charge >= 0.3 is 6.18 Å². The van der Waals surface area contributed by atoms with E-state index in [9.17, 15) is 26.3 Å². The first-order valence-corrected chi connectivity index (χ1v) is 7.00. The van der Waals surface area contributed by atoms with Crippen LogP contribution in [-0.2, 0) is 6.18 Å². The molecule has 0 amide bonds. The second kappa shape index (κ2) is 6.79. The Morgan fingerprint density at radius 1 is 1.04 bits per heavy atom. The van der Waals surface area contributed by atoms with E-state index in [1.807, 2.05) is 0 Å². The minimum Gasteiger partial charge on any atom is -0.449 e. The van der Waals surface area contributed by atoms with E-state index in [0.717, 1.165) is 12.1 Å². The zero-order valence-corrected chi connectivity index (χ0v) is 13.3. The first-order valence-electron chi connectivity index (χ1n) is 6.59. The maximum Gasteiger partial charge on any atom is 0.416 e. The molecule has 0 saturated heterocycles. The van der Waals surface area contributed by atoms with Crippen LogP contribution in [0.2, 0.25) is 0 Å². The zero-order chi connectivity index (χ0) is 18.9. The SMILES string of the molecule is Cc1cc(Oc2c(F)cc(C(F)(F)F)cc2F)c(NC(N)=S)cc1F. The molecule has 0 aliphatic carbocycles. The molecule has 2 aromatic carbocycles. The summed E-state index contributed by atoms with van der Waals surface area (Å²) in [5.74, 6) is -5.18. The number of rotatable bonds is 3. The highest BCUT2D eigenvalue weighted by Gasteiger charge is 2.33. The van der Waals surface area contributed by atoms with Gasteiger partial charge in [-0.2, -0.15) is 13.2 Å². The first kappa shape index (κ1) is 18.8. The third kappa shape index (κ3) is 4.32. The van der Waals surface area contributed by atoms with Crippen molar-refractivity contribution in [1.82, 2.24) is 0 Å². The average molecular weight is 380 g/mol. The number of halogens is 6. The van der Waals surface area contributed by atoms with Gasteiger partial charge in [-0.3, -0.25) is 0 Å². The Hall–Kier alpha value is -2.49. The van der Waals surface area contributed by atoms with Gasteiger partial charge in [-0.05, 0) is 42.9 Å². The summed E-state index contributed by atoms with van der Waals surface area (Å²) in [6.45, 7) is 1.35. The lowest BCUT2D eigenvalue weighted by Gasteiger charge is -2.15. The fraction of sp³-hybridized carbons (Fsp3) is 0.133. The number of nitrogens with two attached hydrogens (primary N) is 1. The summed E-state index contributed by atoms with van der Waals surface area (Å²) in [7, 11) is 0. The van der Waals surface area contributed by atoms with Crippen LogP contribution in [-0.4, -0.2) is 5.11 Å². The molecule has 0 radical (unpaired) electrons. The molecule has 2 aromatic rings. The van der Waals surface area contributed by atoms with Gasteiger partial charge in [0.1, 0.15) is 5.82 Å². The molecule has 0 aromatic heterocycles. The summed E-state index contributed by atoms with van der Waals surface area (Å²) in [5, 5.41) is 2.08. The number of anilines is 1. The molecule has 0 saturated carbocycles. The van der Waals surface area contributed by atoms with E-state index < -0.39 is 34.9 Å². The summed E-state index contributed by atoms with van der Waals surface area (Å²) >= 11 is 4.60. The van der Waals surface area contributed by atoms with Gasteiger partial charge in [0.2, 0.25) is 0 Å². The van der Waals surface area contributed by atoms with Gasteiger partial charge in [-0.15, -0.1) is 0 Å². The topological polar surface area (TPSA) is 47.3 Å². The Kier molecular flexibility index (Phi) is 5.12. The second-order valence-electron chi connectivity index (χ2n) is 4.96. The number of hydrogen-bond donors (Lipinski definition) is 2. The van der Waals surface area contributed by atoms with Gasteiger partial charge in [-0.25, -0.2) is 13.2 Å². The monoisotopic (exact) mass is 380 g/mol. The third-order valence-electron chi connectivity index (χ3n) is 3.06. The molecule has 0 unspecified atom stereocenters. The van der Waals surface area contributed by atoms with Crippen molar-refractivity contribution in [3.63, 3.8) is 0 Å². The standard InChI is InChI=1S/C15H10F6N2OS/c1-6-2-12(11(5-8(6)16)23-14(22)25)24-13-9(17)3-7(4-10(13)18)15(19,20)21/h2-5H,1H3,(H3,22,23,25). The normalized spacial score (nSPS) is 11.3. The van der Waals surface area contributed by atoms with Crippen LogP contribution < -0.4 is 15.8 Å². The molecule has 0 heterocycles. The molecule has 10 heteroatoms. The first-order chi connectivity index (χ1) is 11.5. The highest BCUT2D eigenvalue weighted by Crippen LogP contribution is 2.38. The Labute approximate surface area is 143 Å². The van der Waals surface area contributed by atoms with Crippen LogP contribution >= 0.6 is 12.2 Å². The van der Waals surface area contributed by atoms with Crippen LogP contribution in [0.4, 0.5) is 32.0 Å². The lowest BCUT2D eigenvalue weighted by Crippen LogP contribution is -2.19. The van der Waals surface area contributed by atoms with Crippen molar-refractivity contribution in [1.29, 1.82) is 0 Å². The molecule has 0 fully saturated rings. The van der Waals surface area contributed by atoms with E-state index in [4.69, 9.17) is 10.5 Å². The minimum atomic E-state index is -4.93. The molecule has 3 nitrogen and oxygen atoms in total. The molecule has 25 heavy (non-hydrogen) atoms. The van der Waals surface area contributed by atoms with Gasteiger partial charge in [-0.1, -0.05) is 0 Å². The molecular formula is C15H10F6N2OS. The van der Waals surface area contributed by atoms with E-state index in [-0.39, 0.29) is 34.2 Å². The second-order valence-corrected chi connectivity index (χ2v) is 5.40. The van der Waals surface area contributed by atoms with Crippen molar-refractivity contribution in [2.45, 2.75) is 13.1 Å². The van der Waals surface area contributed by atoms with E-state index in [2.05, 4.69) is 17.5 Å². The van der Waals surface area contributed by atoms with Crippen LogP contribution in [0.1, 0.15) is 11.1 Å². The van der Waals surface area contributed by atoms with Crippen molar-refractivity contribution in [2.75, 3.05) is 5.32 Å². The summed E-state index contributed by atoms with van der Waals surface area (Å²) < 4.78 is 84.1. The van der Waals surface area contributed by atoms with Gasteiger partial charge in [0, 0.05) is 6.07 Å². The Balaban J connectivity index is 2.49. The number of hydrogen-bond acceptors (Lipinski definition) is 2. The number of benzene rings is 2. The van der Waals surface area contributed by atoms with Crippen LogP contribution in [0.25, 0.3) is 0 Å². The van der Waals surface area contributed by atoms with Crippen LogP contribution in [0.5, 0.6) is 11.5 Å². The van der Waals surface area contributed by atoms with E-state index in [0.29, 0.717) is 0 Å². The quantitative estimate of drug-likeness (QED) is 0.589. The van der Waals surface area contributed by atoms with Crippen molar-refractivity contribution in [3.8, 4) is 11.5 Å². The van der Waals surface area contributed by atoms with Crippen molar-refractivity contribution >= 4 is 23.0 Å². The highest BCUT2D eigenvalue weighted by atomic mass is 32.1. The van der Waals surface area contributed by atoms with Gasteiger partial charge in [0.25, 0.3) is 0 Å². The maximum absolute atomic E-state index is 13.9. The van der Waals surface area contributed by atoms with Gasteiger partial charge in [0.05, 0.1) is 11.3 Å². The average Bonchev–Trinajstić information content (AvgIpc) is 2.45. The molecule has 3 N–H and O–H groups in total. The van der Waals surface area contributed by atoms with Crippen LogP contribution in [0.15, 0.2) is 24.3 Å². The minimum absolute atomic E-state index is 0.0659. The molecule has 0 atom stereocenters. The smallest absolute Gasteiger partial charge is 0.416 e. The molecule has 0 aliphatic rings. The summed E-state index contributed by atoms with van der Waals surface area (Å²) in [6.07, 6.45) is -4.93. The Morgan fingerprint density at radius 3 is 2.08 bits per heavy atom. The molecule has 134 valence electrons. The van der Waals surface area contributed by atoms with Crippen molar-refractivity contribution in [2.24, 2.45) is 5.73 Å². The molecular weight excluding hydrogens is 370 g/mol. The Morgan fingerprint density at radius 2 is 1.60 bits per heavy atom. The fourth-order valence-electron chi connectivity index (χ4n) is 1.90. The van der Waals surface area contributed by atoms with Gasteiger partial charge < -0.3 is 15.8 Å². The summed E-state index contributed by atoms with van der Waals surface area (Å²) in [4.78, 5) is 0. The molecule has 0 spiro atoms. The third-order valence-corrected chi connectivity index (χ3v) is 3.16. The predicted octanol–water partition coefficient (Wildman–Crippen LogP) is 4.88. The summed E-state index contributed by atoms with van der Waals surface area (Å²) in [6, 6.07) is 2.20. The molecule has 0 aliphatic heterocycles. The highest BCUT2D eigenvalue weighted by molar-refractivity contribution is 7.80. The predicted molar refractivity (Wildman–Crippen MR) is 83.0 cm³/mol. The lowest BCUT2D eigenvalue weighted by atomic mass is 10.1. The zero-order valence-electron chi connectivity index (χ0n) is 12.5. The number of aryl methyl sites for hydroxylation is 1. The van der Waals surface area contributed by atoms with Crippen LogP contribution in [0, 0.1) is 24.4 Å². The van der Waals surface area contributed by atoms with Crippen molar-refractivity contribution in [3.05, 3.63) is 52.8 Å². The lowest BCUT2D eigenvalue weighted by molar-refractivity contribution is -0.138. The van der Waals surface area contributed by atoms with E-state index in [1.54, 1.807) is 0 Å². The number of nitrogens with one attached hydrogen (secondary N) is 1.